The molecule has 1 spiro atoms. The fraction of sp³-hybridized carbons (Fsp3) is 0.444. The second-order valence-corrected chi connectivity index (χ2v) is 6.82. The first-order valence-electron chi connectivity index (χ1n) is 8.36. The van der Waals surface area contributed by atoms with Gasteiger partial charge in [-0.3, -0.25) is 0 Å². The molecule has 3 heterocycles. The van der Waals surface area contributed by atoms with Crippen molar-refractivity contribution < 1.29 is 9.53 Å². The van der Waals surface area contributed by atoms with Crippen molar-refractivity contribution in [3.63, 3.8) is 0 Å². The van der Waals surface area contributed by atoms with Gasteiger partial charge in [0.1, 0.15) is 0 Å². The number of anilines is 1. The normalized spacial score (nSPS) is 22.7. The van der Waals surface area contributed by atoms with Crippen molar-refractivity contribution in [2.45, 2.75) is 32.2 Å². The summed E-state index contributed by atoms with van der Waals surface area (Å²) in [5.41, 5.74) is 4.03. The predicted octanol–water partition coefficient (Wildman–Crippen LogP) is 2.89. The Labute approximate surface area is 141 Å². The minimum absolute atomic E-state index is 0.0630. The van der Waals surface area contributed by atoms with Crippen molar-refractivity contribution in [3.05, 3.63) is 41.7 Å². The number of benzene rings is 1. The molecule has 4 rings (SSSR count). The molecule has 6 heteroatoms. The molecule has 2 fully saturated rings. The van der Waals surface area contributed by atoms with Crippen LogP contribution in [0.1, 0.15) is 24.0 Å². The van der Waals surface area contributed by atoms with Crippen molar-refractivity contribution in [1.29, 1.82) is 0 Å². The van der Waals surface area contributed by atoms with Crippen LogP contribution in [0.15, 0.2) is 30.6 Å². The molecule has 0 bridgehead atoms. The standard InChI is InChI=1S/C18H22N4O2/c1-13-3-4-16(14(2)9-13)22-11-15(10-19-22)20-17(23)21-7-5-18(21)6-8-24-12-18/h3-4,9-11H,5-8,12H2,1-2H3,(H,20,23)/t18-/m0/s1. The molecular weight excluding hydrogens is 304 g/mol. The van der Waals surface area contributed by atoms with Crippen molar-refractivity contribution >= 4 is 11.7 Å². The van der Waals surface area contributed by atoms with Crippen LogP contribution in [0.25, 0.3) is 5.69 Å². The summed E-state index contributed by atoms with van der Waals surface area (Å²) in [5, 5.41) is 7.35. The number of ether oxygens (including phenoxy) is 1. The number of hydrogen-bond donors (Lipinski definition) is 1. The molecule has 2 aliphatic heterocycles. The van der Waals surface area contributed by atoms with Gasteiger partial charge in [-0.1, -0.05) is 17.7 Å². The lowest BCUT2D eigenvalue weighted by atomic mass is 9.84. The van der Waals surface area contributed by atoms with E-state index in [2.05, 4.69) is 36.4 Å². The molecule has 1 N–H and O–H groups in total. The number of aromatic nitrogens is 2. The minimum Gasteiger partial charge on any atom is -0.379 e. The van der Waals surface area contributed by atoms with Crippen molar-refractivity contribution in [2.75, 3.05) is 25.1 Å². The van der Waals surface area contributed by atoms with Crippen molar-refractivity contribution in [2.24, 2.45) is 0 Å². The Morgan fingerprint density at radius 2 is 2.21 bits per heavy atom. The van der Waals surface area contributed by atoms with E-state index in [4.69, 9.17) is 4.74 Å². The lowest BCUT2D eigenvalue weighted by Crippen LogP contribution is -2.63. The number of urea groups is 1. The molecule has 2 saturated heterocycles. The maximum atomic E-state index is 12.5. The zero-order valence-corrected chi connectivity index (χ0v) is 14.1. The number of aryl methyl sites for hydroxylation is 2. The number of carbonyl (C=O) groups excluding carboxylic acids is 1. The highest BCUT2D eigenvalue weighted by molar-refractivity contribution is 5.90. The summed E-state index contributed by atoms with van der Waals surface area (Å²) in [6.45, 7) is 6.32. The lowest BCUT2D eigenvalue weighted by molar-refractivity contribution is 0.0197. The molecule has 2 aliphatic rings. The zero-order chi connectivity index (χ0) is 16.7. The Hall–Kier alpha value is -2.34. The summed E-state index contributed by atoms with van der Waals surface area (Å²) in [6, 6.07) is 6.17. The minimum atomic E-state index is -0.0758. The smallest absolute Gasteiger partial charge is 0.322 e. The average Bonchev–Trinajstić information content (AvgIpc) is 3.16. The Morgan fingerprint density at radius 1 is 1.33 bits per heavy atom. The van der Waals surface area contributed by atoms with Crippen LogP contribution < -0.4 is 5.32 Å². The molecule has 1 atom stereocenters. The van der Waals surface area contributed by atoms with Gasteiger partial charge in [-0.15, -0.1) is 0 Å². The number of rotatable bonds is 2. The van der Waals surface area contributed by atoms with Crippen LogP contribution in [0.4, 0.5) is 10.5 Å². The maximum Gasteiger partial charge on any atom is 0.322 e. The van der Waals surface area contributed by atoms with Gasteiger partial charge in [-0.2, -0.15) is 5.10 Å². The largest absolute Gasteiger partial charge is 0.379 e. The Kier molecular flexibility index (Phi) is 3.57. The second kappa shape index (κ2) is 5.63. The van der Waals surface area contributed by atoms with Gasteiger partial charge in [-0.25, -0.2) is 9.48 Å². The highest BCUT2D eigenvalue weighted by atomic mass is 16.5. The summed E-state index contributed by atoms with van der Waals surface area (Å²) in [4.78, 5) is 14.4. The van der Waals surface area contributed by atoms with Gasteiger partial charge in [0.25, 0.3) is 0 Å². The number of hydrogen-bond acceptors (Lipinski definition) is 3. The van der Waals surface area contributed by atoms with Crippen LogP contribution in [0.3, 0.4) is 0 Å². The second-order valence-electron chi connectivity index (χ2n) is 6.82. The van der Waals surface area contributed by atoms with Crippen LogP contribution in [0, 0.1) is 13.8 Å². The van der Waals surface area contributed by atoms with E-state index >= 15 is 0 Å². The van der Waals surface area contributed by atoms with Gasteiger partial charge in [-0.05, 0) is 38.3 Å². The van der Waals surface area contributed by atoms with Crippen molar-refractivity contribution in [1.82, 2.24) is 14.7 Å². The molecule has 0 radical (unpaired) electrons. The van der Waals surface area contributed by atoms with E-state index in [9.17, 15) is 4.79 Å². The van der Waals surface area contributed by atoms with E-state index in [1.165, 1.54) is 5.56 Å². The number of carbonyl (C=O) groups is 1. The molecule has 126 valence electrons. The maximum absolute atomic E-state index is 12.5. The van der Waals surface area contributed by atoms with Gasteiger partial charge in [0.2, 0.25) is 0 Å². The number of nitrogens with one attached hydrogen (secondary N) is 1. The molecule has 0 aliphatic carbocycles. The number of amides is 2. The molecule has 0 saturated carbocycles. The summed E-state index contributed by atoms with van der Waals surface area (Å²) in [5.74, 6) is 0. The molecule has 1 aromatic carbocycles. The predicted molar refractivity (Wildman–Crippen MR) is 91.5 cm³/mol. The fourth-order valence-electron chi connectivity index (χ4n) is 3.64. The van der Waals surface area contributed by atoms with E-state index < -0.39 is 0 Å². The molecule has 2 aromatic rings. The first-order valence-corrected chi connectivity index (χ1v) is 8.36. The van der Waals surface area contributed by atoms with Gasteiger partial charge in [0.15, 0.2) is 0 Å². The first kappa shape index (κ1) is 15.2. The Morgan fingerprint density at radius 3 is 2.88 bits per heavy atom. The van der Waals surface area contributed by atoms with Crippen LogP contribution in [0.2, 0.25) is 0 Å². The van der Waals surface area contributed by atoms with Gasteiger partial charge in [0.05, 0.1) is 35.9 Å². The molecular formula is C18H22N4O2. The highest BCUT2D eigenvalue weighted by Gasteiger charge is 2.50. The summed E-state index contributed by atoms with van der Waals surface area (Å²) in [6.07, 6.45) is 5.51. The molecule has 24 heavy (non-hydrogen) atoms. The van der Waals surface area contributed by atoms with Crippen LogP contribution in [-0.4, -0.2) is 46.0 Å². The van der Waals surface area contributed by atoms with E-state index in [1.54, 1.807) is 10.9 Å². The Balaban J connectivity index is 1.48. The molecule has 2 amide bonds. The topological polar surface area (TPSA) is 59.4 Å². The highest BCUT2D eigenvalue weighted by Crippen LogP contribution is 2.38. The Bertz CT molecular complexity index is 777. The van der Waals surface area contributed by atoms with E-state index in [-0.39, 0.29) is 11.6 Å². The van der Waals surface area contributed by atoms with Crippen LogP contribution in [-0.2, 0) is 4.74 Å². The zero-order valence-electron chi connectivity index (χ0n) is 14.1. The lowest BCUT2D eigenvalue weighted by Gasteiger charge is -2.49. The number of nitrogens with zero attached hydrogens (tertiary/aromatic N) is 3. The van der Waals surface area contributed by atoms with Gasteiger partial charge >= 0.3 is 6.03 Å². The van der Waals surface area contributed by atoms with Crippen molar-refractivity contribution in [3.8, 4) is 5.69 Å². The van der Waals surface area contributed by atoms with Crippen LogP contribution >= 0.6 is 0 Å². The van der Waals surface area contributed by atoms with Crippen LogP contribution in [0.5, 0.6) is 0 Å². The monoisotopic (exact) mass is 326 g/mol. The molecule has 0 unspecified atom stereocenters. The molecule has 1 aromatic heterocycles. The SMILES string of the molecule is Cc1ccc(-n2cc(NC(=O)N3CC[C@@]34CCOC4)cn2)c(C)c1. The third-order valence-electron chi connectivity index (χ3n) is 5.13. The average molecular weight is 326 g/mol. The number of likely N-dealkylation sites (tertiary alicyclic amines) is 1. The third-order valence-corrected chi connectivity index (χ3v) is 5.13. The van der Waals surface area contributed by atoms with Gasteiger partial charge < -0.3 is 15.0 Å². The van der Waals surface area contributed by atoms with E-state index in [1.807, 2.05) is 17.2 Å². The third kappa shape index (κ3) is 2.47. The summed E-state index contributed by atoms with van der Waals surface area (Å²) < 4.78 is 7.28. The van der Waals surface area contributed by atoms with E-state index in [0.717, 1.165) is 37.2 Å². The fourth-order valence-corrected chi connectivity index (χ4v) is 3.64. The summed E-state index contributed by atoms with van der Waals surface area (Å²) in [7, 11) is 0. The molecule has 6 nitrogen and oxygen atoms in total. The first-order chi connectivity index (χ1) is 11.6. The van der Waals surface area contributed by atoms with Gasteiger partial charge in [0, 0.05) is 13.2 Å². The van der Waals surface area contributed by atoms with E-state index in [0.29, 0.717) is 12.3 Å². The summed E-state index contributed by atoms with van der Waals surface area (Å²) >= 11 is 0. The quantitative estimate of drug-likeness (QED) is 0.923.